The normalized spacial score (nSPS) is 11.0. The van der Waals surface area contributed by atoms with E-state index in [1.54, 1.807) is 11.3 Å². The molecule has 14 heavy (non-hydrogen) atoms. The van der Waals surface area contributed by atoms with Crippen molar-refractivity contribution in [1.29, 1.82) is 0 Å². The van der Waals surface area contributed by atoms with Crippen LogP contribution >= 0.6 is 27.3 Å². The Hall–Kier alpha value is -0.380. The van der Waals surface area contributed by atoms with Gasteiger partial charge in [-0.05, 0) is 30.5 Å². The van der Waals surface area contributed by atoms with Crippen LogP contribution in [0, 0.1) is 0 Å². The molecule has 0 bridgehead atoms. The first-order valence-electron chi connectivity index (χ1n) is 4.55. The monoisotopic (exact) mass is 270 g/mol. The highest BCUT2D eigenvalue weighted by atomic mass is 79.9. The fraction of sp³-hybridized carbons (Fsp3) is 0.273. The van der Waals surface area contributed by atoms with E-state index in [2.05, 4.69) is 40.2 Å². The number of fused-ring (bicyclic) bond motifs is 1. The van der Waals surface area contributed by atoms with Crippen LogP contribution in [0.4, 0.5) is 0 Å². The fourth-order valence-electron chi connectivity index (χ4n) is 1.33. The lowest BCUT2D eigenvalue weighted by atomic mass is 10.2. The van der Waals surface area contributed by atoms with Crippen molar-refractivity contribution in [2.45, 2.75) is 13.5 Å². The van der Waals surface area contributed by atoms with Crippen LogP contribution < -0.4 is 0 Å². The Bertz CT molecular complexity index is 436. The summed E-state index contributed by atoms with van der Waals surface area (Å²) < 4.78 is 7.83. The zero-order valence-electron chi connectivity index (χ0n) is 7.92. The molecule has 0 saturated heterocycles. The zero-order valence-corrected chi connectivity index (χ0v) is 10.3. The highest BCUT2D eigenvalue weighted by Crippen LogP contribution is 2.28. The maximum atomic E-state index is 5.38. The van der Waals surface area contributed by atoms with Crippen LogP contribution in [0.2, 0.25) is 0 Å². The molecule has 0 spiro atoms. The van der Waals surface area contributed by atoms with Gasteiger partial charge in [0.15, 0.2) is 0 Å². The predicted octanol–water partition coefficient (Wildman–Crippen LogP) is 4.20. The van der Waals surface area contributed by atoms with Crippen molar-refractivity contribution >= 4 is 37.4 Å². The van der Waals surface area contributed by atoms with Crippen LogP contribution in [-0.2, 0) is 11.3 Å². The Labute approximate surface area is 95.8 Å². The molecule has 0 saturated carbocycles. The molecule has 1 heterocycles. The van der Waals surface area contributed by atoms with E-state index in [1.165, 1.54) is 15.0 Å². The van der Waals surface area contributed by atoms with Gasteiger partial charge in [-0.2, -0.15) is 0 Å². The molecule has 74 valence electrons. The molecule has 1 aromatic heterocycles. The third-order valence-electron chi connectivity index (χ3n) is 1.98. The Morgan fingerprint density at radius 1 is 1.36 bits per heavy atom. The minimum absolute atomic E-state index is 0.730. The van der Waals surface area contributed by atoms with Crippen LogP contribution in [0.25, 0.3) is 10.1 Å². The molecule has 1 aromatic carbocycles. The van der Waals surface area contributed by atoms with Gasteiger partial charge in [0.25, 0.3) is 0 Å². The molecule has 0 aliphatic heterocycles. The molecule has 0 N–H and O–H groups in total. The number of hydrogen-bond acceptors (Lipinski definition) is 2. The number of rotatable bonds is 3. The van der Waals surface area contributed by atoms with Crippen molar-refractivity contribution in [2.75, 3.05) is 6.61 Å². The van der Waals surface area contributed by atoms with Gasteiger partial charge in [0, 0.05) is 20.7 Å². The molecule has 2 aromatic rings. The SMILES string of the molecule is CCOCc1cc2ccc(Br)cc2s1. The summed E-state index contributed by atoms with van der Waals surface area (Å²) in [6.07, 6.45) is 0. The van der Waals surface area contributed by atoms with E-state index in [0.29, 0.717) is 0 Å². The Balaban J connectivity index is 2.32. The molecule has 0 amide bonds. The van der Waals surface area contributed by atoms with Gasteiger partial charge in [0.1, 0.15) is 0 Å². The quantitative estimate of drug-likeness (QED) is 0.812. The van der Waals surface area contributed by atoms with E-state index in [-0.39, 0.29) is 0 Å². The van der Waals surface area contributed by atoms with E-state index in [9.17, 15) is 0 Å². The molecule has 0 fully saturated rings. The van der Waals surface area contributed by atoms with E-state index in [0.717, 1.165) is 17.7 Å². The van der Waals surface area contributed by atoms with Crippen LogP contribution in [0.3, 0.4) is 0 Å². The topological polar surface area (TPSA) is 9.23 Å². The Morgan fingerprint density at radius 2 is 2.21 bits per heavy atom. The smallest absolute Gasteiger partial charge is 0.0809 e. The number of benzene rings is 1. The second kappa shape index (κ2) is 4.43. The number of ether oxygens (including phenoxy) is 1. The summed E-state index contributed by atoms with van der Waals surface area (Å²) in [4.78, 5) is 1.29. The summed E-state index contributed by atoms with van der Waals surface area (Å²) >= 11 is 5.27. The van der Waals surface area contributed by atoms with Gasteiger partial charge in [0.05, 0.1) is 6.61 Å². The van der Waals surface area contributed by atoms with Crippen molar-refractivity contribution < 1.29 is 4.74 Å². The highest BCUT2D eigenvalue weighted by Gasteiger charge is 2.01. The van der Waals surface area contributed by atoms with Gasteiger partial charge >= 0.3 is 0 Å². The van der Waals surface area contributed by atoms with Gasteiger partial charge in [0.2, 0.25) is 0 Å². The van der Waals surface area contributed by atoms with Crippen LogP contribution in [0.15, 0.2) is 28.7 Å². The molecule has 0 aliphatic carbocycles. The van der Waals surface area contributed by atoms with Gasteiger partial charge in [-0.15, -0.1) is 11.3 Å². The average molecular weight is 271 g/mol. The largest absolute Gasteiger partial charge is 0.376 e. The van der Waals surface area contributed by atoms with E-state index in [1.807, 2.05) is 6.92 Å². The molecule has 3 heteroatoms. The highest BCUT2D eigenvalue weighted by molar-refractivity contribution is 9.10. The first-order chi connectivity index (χ1) is 6.79. The standard InChI is InChI=1S/C11H11BrOS/c1-2-13-7-10-5-8-3-4-9(12)6-11(8)14-10/h3-6H,2,7H2,1H3. The summed E-state index contributed by atoms with van der Waals surface area (Å²) in [6, 6.07) is 8.54. The fourth-order valence-corrected chi connectivity index (χ4v) is 2.89. The minimum Gasteiger partial charge on any atom is -0.376 e. The molecule has 0 unspecified atom stereocenters. The van der Waals surface area contributed by atoms with Crippen molar-refractivity contribution in [2.24, 2.45) is 0 Å². The summed E-state index contributed by atoms with van der Waals surface area (Å²) in [5.74, 6) is 0. The third-order valence-corrected chi connectivity index (χ3v) is 3.55. The lowest BCUT2D eigenvalue weighted by molar-refractivity contribution is 0.136. The lowest BCUT2D eigenvalue weighted by Crippen LogP contribution is -1.87. The molecular weight excluding hydrogens is 260 g/mol. The number of hydrogen-bond donors (Lipinski definition) is 0. The molecule has 2 rings (SSSR count). The summed E-state index contributed by atoms with van der Waals surface area (Å²) in [7, 11) is 0. The van der Waals surface area contributed by atoms with Crippen molar-refractivity contribution in [3.8, 4) is 0 Å². The van der Waals surface area contributed by atoms with Gasteiger partial charge in [-0.25, -0.2) is 0 Å². The second-order valence-electron chi connectivity index (χ2n) is 3.03. The summed E-state index contributed by atoms with van der Waals surface area (Å²) in [6.45, 7) is 3.52. The average Bonchev–Trinajstić information content (AvgIpc) is 2.56. The van der Waals surface area contributed by atoms with Crippen LogP contribution in [0.1, 0.15) is 11.8 Å². The van der Waals surface area contributed by atoms with Gasteiger partial charge in [-0.3, -0.25) is 0 Å². The first kappa shape index (κ1) is 10.1. The first-order valence-corrected chi connectivity index (χ1v) is 6.16. The van der Waals surface area contributed by atoms with E-state index >= 15 is 0 Å². The molecular formula is C11H11BrOS. The maximum Gasteiger partial charge on any atom is 0.0809 e. The van der Waals surface area contributed by atoms with Crippen LogP contribution in [0.5, 0.6) is 0 Å². The molecule has 0 aliphatic rings. The Kier molecular flexibility index (Phi) is 3.21. The third kappa shape index (κ3) is 2.16. The lowest BCUT2D eigenvalue weighted by Gasteiger charge is -1.94. The van der Waals surface area contributed by atoms with Crippen molar-refractivity contribution in [3.63, 3.8) is 0 Å². The van der Waals surface area contributed by atoms with Crippen LogP contribution in [-0.4, -0.2) is 6.61 Å². The van der Waals surface area contributed by atoms with Crippen molar-refractivity contribution in [1.82, 2.24) is 0 Å². The second-order valence-corrected chi connectivity index (χ2v) is 5.12. The van der Waals surface area contributed by atoms with Crippen molar-refractivity contribution in [3.05, 3.63) is 33.6 Å². The van der Waals surface area contributed by atoms with E-state index < -0.39 is 0 Å². The summed E-state index contributed by atoms with van der Waals surface area (Å²) in [5.41, 5.74) is 0. The maximum absolute atomic E-state index is 5.38. The molecule has 0 radical (unpaired) electrons. The van der Waals surface area contributed by atoms with E-state index in [4.69, 9.17) is 4.74 Å². The molecule has 0 atom stereocenters. The molecule has 1 nitrogen and oxygen atoms in total. The summed E-state index contributed by atoms with van der Waals surface area (Å²) in [5, 5.41) is 1.30. The number of halogens is 1. The van der Waals surface area contributed by atoms with Gasteiger partial charge in [-0.1, -0.05) is 22.0 Å². The number of thiophene rings is 1. The minimum atomic E-state index is 0.730. The predicted molar refractivity (Wildman–Crippen MR) is 64.9 cm³/mol. The zero-order chi connectivity index (χ0) is 9.97. The van der Waals surface area contributed by atoms with Gasteiger partial charge < -0.3 is 4.74 Å². The Morgan fingerprint density at radius 3 is 3.00 bits per heavy atom.